The van der Waals surface area contributed by atoms with Crippen molar-refractivity contribution >= 4 is 21.9 Å². The Morgan fingerprint density at radius 2 is 0.911 bits per heavy atom. The van der Waals surface area contributed by atoms with Crippen molar-refractivity contribution in [1.29, 1.82) is 0 Å². The van der Waals surface area contributed by atoms with Crippen molar-refractivity contribution < 1.29 is 4.42 Å². The Labute approximate surface area is 259 Å². The Balaban J connectivity index is 1.25. The van der Waals surface area contributed by atoms with E-state index in [0.717, 1.165) is 38.9 Å². The van der Waals surface area contributed by atoms with Gasteiger partial charge in [-0.2, -0.15) is 0 Å². The molecule has 0 saturated heterocycles. The zero-order chi connectivity index (χ0) is 30.2. The van der Waals surface area contributed by atoms with E-state index in [1.54, 1.807) is 6.07 Å². The number of aromatic nitrogens is 3. The standard InChI is InChI=1S/C40H25N3O2/c44-37-33-20-9-10-21-35(33)45-36-25-29(22-23-34(36)37)28-16-11-17-30(24-28)31-18-7-8-19-32(31)40-42-38(26-12-3-1-4-13-26)41-39(43-40)27-14-5-2-6-15-27/h1-25H. The third-order valence-electron chi connectivity index (χ3n) is 7.95. The van der Waals surface area contributed by atoms with Gasteiger partial charge in [-0.3, -0.25) is 4.79 Å². The molecule has 2 aromatic heterocycles. The molecule has 0 aliphatic carbocycles. The van der Waals surface area contributed by atoms with Gasteiger partial charge < -0.3 is 4.42 Å². The molecular weight excluding hydrogens is 554 g/mol. The fourth-order valence-electron chi connectivity index (χ4n) is 5.71. The quantitative estimate of drug-likeness (QED) is 0.190. The lowest BCUT2D eigenvalue weighted by Gasteiger charge is -2.13. The van der Waals surface area contributed by atoms with Crippen LogP contribution >= 0.6 is 0 Å². The predicted octanol–water partition coefficient (Wildman–Crippen LogP) is 9.47. The molecular formula is C40H25N3O2. The minimum absolute atomic E-state index is 0.0248. The molecule has 212 valence electrons. The van der Waals surface area contributed by atoms with Gasteiger partial charge in [0.15, 0.2) is 17.5 Å². The van der Waals surface area contributed by atoms with Gasteiger partial charge in [-0.05, 0) is 52.6 Å². The summed E-state index contributed by atoms with van der Waals surface area (Å²) in [4.78, 5) is 27.9. The van der Waals surface area contributed by atoms with Crippen molar-refractivity contribution in [2.45, 2.75) is 0 Å². The van der Waals surface area contributed by atoms with E-state index in [9.17, 15) is 4.79 Å². The van der Waals surface area contributed by atoms with Crippen molar-refractivity contribution in [3.63, 3.8) is 0 Å². The Morgan fingerprint density at radius 3 is 1.64 bits per heavy atom. The van der Waals surface area contributed by atoms with E-state index in [1.165, 1.54) is 0 Å². The minimum Gasteiger partial charge on any atom is -0.456 e. The van der Waals surface area contributed by atoms with E-state index in [0.29, 0.717) is 39.4 Å². The topological polar surface area (TPSA) is 68.9 Å². The Kier molecular flexibility index (Phi) is 6.54. The van der Waals surface area contributed by atoms with E-state index < -0.39 is 0 Å². The maximum absolute atomic E-state index is 13.1. The summed E-state index contributed by atoms with van der Waals surface area (Å²) in [7, 11) is 0. The summed E-state index contributed by atoms with van der Waals surface area (Å²) in [5.74, 6) is 1.84. The van der Waals surface area contributed by atoms with Crippen molar-refractivity contribution in [3.05, 3.63) is 162 Å². The van der Waals surface area contributed by atoms with E-state index in [-0.39, 0.29) is 5.43 Å². The Morgan fingerprint density at radius 1 is 0.378 bits per heavy atom. The van der Waals surface area contributed by atoms with Crippen LogP contribution in [0.4, 0.5) is 0 Å². The lowest BCUT2D eigenvalue weighted by atomic mass is 9.95. The van der Waals surface area contributed by atoms with Crippen LogP contribution in [0.3, 0.4) is 0 Å². The molecule has 2 heterocycles. The second-order valence-electron chi connectivity index (χ2n) is 10.8. The van der Waals surface area contributed by atoms with Crippen molar-refractivity contribution in [2.24, 2.45) is 0 Å². The molecule has 0 unspecified atom stereocenters. The third kappa shape index (κ3) is 4.96. The maximum Gasteiger partial charge on any atom is 0.200 e. The fourth-order valence-corrected chi connectivity index (χ4v) is 5.71. The second kappa shape index (κ2) is 11.1. The zero-order valence-electron chi connectivity index (χ0n) is 24.1. The van der Waals surface area contributed by atoms with Gasteiger partial charge in [0.1, 0.15) is 11.2 Å². The van der Waals surface area contributed by atoms with Crippen LogP contribution in [0.2, 0.25) is 0 Å². The highest BCUT2D eigenvalue weighted by atomic mass is 16.3. The van der Waals surface area contributed by atoms with Crippen LogP contribution in [0.25, 0.3) is 78.4 Å². The van der Waals surface area contributed by atoms with Crippen molar-refractivity contribution in [1.82, 2.24) is 15.0 Å². The summed E-state index contributed by atoms with van der Waals surface area (Å²) in [5.41, 5.74) is 7.86. The lowest BCUT2D eigenvalue weighted by Crippen LogP contribution is -2.01. The minimum atomic E-state index is -0.0248. The molecule has 5 heteroatoms. The molecule has 0 atom stereocenters. The Bertz CT molecular complexity index is 2340. The first-order chi connectivity index (χ1) is 22.2. The number of hydrogen-bond acceptors (Lipinski definition) is 5. The molecule has 0 fully saturated rings. The van der Waals surface area contributed by atoms with Gasteiger partial charge >= 0.3 is 0 Å². The van der Waals surface area contributed by atoms with Crippen LogP contribution < -0.4 is 5.43 Å². The van der Waals surface area contributed by atoms with Gasteiger partial charge in [-0.1, -0.05) is 121 Å². The molecule has 0 spiro atoms. The summed E-state index contributed by atoms with van der Waals surface area (Å²) in [6, 6.07) is 49.6. The van der Waals surface area contributed by atoms with Crippen LogP contribution in [-0.2, 0) is 0 Å². The summed E-state index contributed by atoms with van der Waals surface area (Å²) in [6.07, 6.45) is 0. The van der Waals surface area contributed by atoms with Gasteiger partial charge in [0.05, 0.1) is 10.8 Å². The number of fused-ring (bicyclic) bond motifs is 2. The molecule has 0 radical (unpaired) electrons. The molecule has 5 nitrogen and oxygen atoms in total. The number of benzene rings is 6. The highest BCUT2D eigenvalue weighted by Crippen LogP contribution is 2.35. The predicted molar refractivity (Wildman–Crippen MR) is 181 cm³/mol. The highest BCUT2D eigenvalue weighted by molar-refractivity contribution is 5.92. The van der Waals surface area contributed by atoms with Crippen LogP contribution in [-0.4, -0.2) is 15.0 Å². The molecule has 0 saturated carbocycles. The molecule has 0 aliphatic rings. The zero-order valence-corrected chi connectivity index (χ0v) is 24.1. The molecule has 0 amide bonds. The fraction of sp³-hybridized carbons (Fsp3) is 0. The van der Waals surface area contributed by atoms with Gasteiger partial charge in [-0.25, -0.2) is 15.0 Å². The number of nitrogens with zero attached hydrogens (tertiary/aromatic N) is 3. The van der Waals surface area contributed by atoms with Crippen LogP contribution in [0, 0.1) is 0 Å². The smallest absolute Gasteiger partial charge is 0.200 e. The van der Waals surface area contributed by atoms with E-state index in [2.05, 4.69) is 30.3 Å². The monoisotopic (exact) mass is 579 g/mol. The van der Waals surface area contributed by atoms with Crippen LogP contribution in [0.1, 0.15) is 0 Å². The van der Waals surface area contributed by atoms with Gasteiger partial charge in [-0.15, -0.1) is 0 Å². The number of para-hydroxylation sites is 1. The van der Waals surface area contributed by atoms with Gasteiger partial charge in [0.2, 0.25) is 5.43 Å². The molecule has 8 rings (SSSR count). The van der Waals surface area contributed by atoms with Crippen molar-refractivity contribution in [2.75, 3.05) is 0 Å². The summed E-state index contributed by atoms with van der Waals surface area (Å²) in [6.45, 7) is 0. The number of rotatable bonds is 5. The van der Waals surface area contributed by atoms with Crippen LogP contribution in [0.5, 0.6) is 0 Å². The van der Waals surface area contributed by atoms with Crippen LogP contribution in [0.15, 0.2) is 161 Å². The molecule has 45 heavy (non-hydrogen) atoms. The molecule has 0 aliphatic heterocycles. The van der Waals surface area contributed by atoms with E-state index in [4.69, 9.17) is 19.4 Å². The highest BCUT2D eigenvalue weighted by Gasteiger charge is 2.16. The summed E-state index contributed by atoms with van der Waals surface area (Å²) in [5, 5.41) is 1.15. The normalized spacial score (nSPS) is 11.2. The average molecular weight is 580 g/mol. The largest absolute Gasteiger partial charge is 0.456 e. The van der Waals surface area contributed by atoms with E-state index >= 15 is 0 Å². The maximum atomic E-state index is 13.1. The Hall–Kier alpha value is -6.20. The third-order valence-corrected chi connectivity index (χ3v) is 7.95. The molecule has 8 aromatic rings. The van der Waals surface area contributed by atoms with Crippen molar-refractivity contribution in [3.8, 4) is 56.4 Å². The summed E-state index contributed by atoms with van der Waals surface area (Å²) >= 11 is 0. The first-order valence-electron chi connectivity index (χ1n) is 14.7. The van der Waals surface area contributed by atoms with Gasteiger partial charge in [0, 0.05) is 16.7 Å². The number of hydrogen-bond donors (Lipinski definition) is 0. The molecule has 0 N–H and O–H groups in total. The summed E-state index contributed by atoms with van der Waals surface area (Å²) < 4.78 is 6.15. The molecule has 0 bridgehead atoms. The first-order valence-corrected chi connectivity index (χ1v) is 14.7. The van der Waals surface area contributed by atoms with Gasteiger partial charge in [0.25, 0.3) is 0 Å². The first kappa shape index (κ1) is 26.4. The van der Waals surface area contributed by atoms with E-state index in [1.807, 2.05) is 115 Å². The second-order valence-corrected chi connectivity index (χ2v) is 10.8. The average Bonchev–Trinajstić information content (AvgIpc) is 3.12. The lowest BCUT2D eigenvalue weighted by molar-refractivity contribution is 0.660. The molecule has 6 aromatic carbocycles. The SMILES string of the molecule is O=c1c2ccccc2oc2cc(-c3cccc(-c4ccccc4-c4nc(-c5ccccc5)nc(-c5ccccc5)n4)c3)ccc12.